The molecular formula is H6NbS3. The maximum absolute atomic E-state index is 0. The van der Waals surface area contributed by atoms with Crippen LogP contribution in [0.25, 0.3) is 0 Å². The van der Waals surface area contributed by atoms with Gasteiger partial charge in [0.1, 0.15) is 0 Å². The maximum Gasteiger partial charge on any atom is 0 e. The third kappa shape index (κ3) is 9.21. The van der Waals surface area contributed by atoms with Crippen molar-refractivity contribution in [3.05, 3.63) is 0 Å². The second-order valence-corrected chi connectivity index (χ2v) is 0. The average Bonchev–Trinajstić information content (AvgIpc) is 0. The van der Waals surface area contributed by atoms with Crippen LogP contribution in [0.3, 0.4) is 0 Å². The van der Waals surface area contributed by atoms with Gasteiger partial charge in [-0.05, 0) is 0 Å². The summed E-state index contributed by atoms with van der Waals surface area (Å²) in [6.45, 7) is 0. The van der Waals surface area contributed by atoms with Crippen molar-refractivity contribution in [1.29, 1.82) is 0 Å². The quantitative estimate of drug-likeness (QED) is 0.489. The molecule has 0 aromatic heterocycles. The Hall–Kier alpha value is 1.79. The molecule has 0 fully saturated rings. The van der Waals surface area contributed by atoms with E-state index in [1.54, 1.807) is 0 Å². The fourth-order valence-electron chi connectivity index (χ4n) is 0. The smallest absolute Gasteiger partial charge is 0 e. The molecule has 0 aliphatic rings. The summed E-state index contributed by atoms with van der Waals surface area (Å²) in [5, 5.41) is 0. The van der Waals surface area contributed by atoms with Gasteiger partial charge >= 0.3 is 0 Å². The van der Waals surface area contributed by atoms with Crippen LogP contribution in [0.15, 0.2) is 0 Å². The molecule has 0 rings (SSSR count). The van der Waals surface area contributed by atoms with E-state index in [2.05, 4.69) is 0 Å². The largest absolute Gasteiger partial charge is 0.197 e. The van der Waals surface area contributed by atoms with E-state index < -0.39 is 0 Å². The number of hydrogen-bond acceptors (Lipinski definition) is 0. The van der Waals surface area contributed by atoms with E-state index in [-0.39, 0.29) is 62.9 Å². The summed E-state index contributed by atoms with van der Waals surface area (Å²) in [4.78, 5) is 0. The van der Waals surface area contributed by atoms with E-state index >= 15 is 0 Å². The molecule has 0 aromatic rings. The Morgan fingerprint density at radius 2 is 0.500 bits per heavy atom. The van der Waals surface area contributed by atoms with Gasteiger partial charge in [-0.25, -0.2) is 0 Å². The van der Waals surface area contributed by atoms with Crippen molar-refractivity contribution < 1.29 is 22.4 Å². The molecular weight excluding hydrogens is 189 g/mol. The molecule has 0 saturated carbocycles. The Morgan fingerprint density at radius 3 is 0.500 bits per heavy atom. The number of hydrogen-bond donors (Lipinski definition) is 0. The summed E-state index contributed by atoms with van der Waals surface area (Å²) < 4.78 is 0. The Morgan fingerprint density at radius 1 is 0.500 bits per heavy atom. The summed E-state index contributed by atoms with van der Waals surface area (Å²) in [6, 6.07) is 0. The van der Waals surface area contributed by atoms with Crippen LogP contribution < -0.4 is 0 Å². The van der Waals surface area contributed by atoms with Crippen LogP contribution in [-0.2, 0) is 22.4 Å². The monoisotopic (exact) mass is 195 g/mol. The van der Waals surface area contributed by atoms with Crippen LogP contribution >= 0.6 is 40.5 Å². The van der Waals surface area contributed by atoms with Crippen LogP contribution in [0.5, 0.6) is 0 Å². The summed E-state index contributed by atoms with van der Waals surface area (Å²) >= 11 is 0. The molecule has 0 unspecified atom stereocenters. The molecule has 0 spiro atoms. The SMILES string of the molecule is S.S.S.[Nb]. The molecule has 4 heavy (non-hydrogen) atoms. The summed E-state index contributed by atoms with van der Waals surface area (Å²) in [5.74, 6) is 0. The molecule has 0 heterocycles. The first-order chi connectivity index (χ1) is 0. The zero-order valence-electron chi connectivity index (χ0n) is 1.95. The van der Waals surface area contributed by atoms with Crippen LogP contribution in [0.1, 0.15) is 0 Å². The molecule has 0 saturated heterocycles. The van der Waals surface area contributed by atoms with Gasteiger partial charge in [0.15, 0.2) is 0 Å². The van der Waals surface area contributed by atoms with Gasteiger partial charge in [-0.2, -0.15) is 40.5 Å². The maximum atomic E-state index is 0. The van der Waals surface area contributed by atoms with Gasteiger partial charge in [0.05, 0.1) is 0 Å². The van der Waals surface area contributed by atoms with E-state index in [9.17, 15) is 0 Å². The van der Waals surface area contributed by atoms with E-state index in [1.807, 2.05) is 0 Å². The fraction of sp³-hybridized carbons (Fsp3) is 0. The predicted molar refractivity (Wildman–Crippen MR) is 31.1 cm³/mol. The Kier molecular flexibility index (Phi) is 223. The molecule has 29 valence electrons. The van der Waals surface area contributed by atoms with Gasteiger partial charge in [-0.15, -0.1) is 0 Å². The van der Waals surface area contributed by atoms with Crippen molar-refractivity contribution in [3.63, 3.8) is 0 Å². The van der Waals surface area contributed by atoms with E-state index in [0.717, 1.165) is 0 Å². The minimum absolute atomic E-state index is 0. The standard InChI is InChI=1S/Nb.3H2S/h;3*1H2. The zero-order valence-corrected chi connectivity index (χ0v) is 7.15. The average molecular weight is 195 g/mol. The van der Waals surface area contributed by atoms with Gasteiger partial charge in [0.2, 0.25) is 0 Å². The van der Waals surface area contributed by atoms with Crippen molar-refractivity contribution in [2.45, 2.75) is 0 Å². The molecule has 0 nitrogen and oxygen atoms in total. The van der Waals surface area contributed by atoms with Gasteiger partial charge in [0, 0.05) is 22.4 Å². The van der Waals surface area contributed by atoms with Crippen molar-refractivity contribution in [3.8, 4) is 0 Å². The molecule has 0 aliphatic heterocycles. The molecule has 1 radical (unpaired) electrons. The van der Waals surface area contributed by atoms with Gasteiger partial charge in [0.25, 0.3) is 0 Å². The summed E-state index contributed by atoms with van der Waals surface area (Å²) in [5.41, 5.74) is 0. The molecule has 0 bridgehead atoms. The second-order valence-electron chi connectivity index (χ2n) is 0. The minimum Gasteiger partial charge on any atom is -0.197 e. The molecule has 0 amide bonds. The van der Waals surface area contributed by atoms with Crippen molar-refractivity contribution >= 4 is 40.5 Å². The van der Waals surface area contributed by atoms with Crippen LogP contribution in [-0.4, -0.2) is 0 Å². The molecule has 0 atom stereocenters. The third-order valence-electron chi connectivity index (χ3n) is 0. The van der Waals surface area contributed by atoms with E-state index in [4.69, 9.17) is 0 Å². The topological polar surface area (TPSA) is 0 Å². The first kappa shape index (κ1) is 41.5. The minimum atomic E-state index is 0. The summed E-state index contributed by atoms with van der Waals surface area (Å²) in [7, 11) is 0. The van der Waals surface area contributed by atoms with E-state index in [1.165, 1.54) is 0 Å². The van der Waals surface area contributed by atoms with E-state index in [0.29, 0.717) is 0 Å². The Balaban J connectivity index is 0. The fourth-order valence-corrected chi connectivity index (χ4v) is 0. The number of rotatable bonds is 0. The molecule has 0 aliphatic carbocycles. The van der Waals surface area contributed by atoms with Crippen molar-refractivity contribution in [1.82, 2.24) is 0 Å². The first-order valence-electron chi connectivity index (χ1n) is 0. The van der Waals surface area contributed by atoms with Crippen LogP contribution in [0.2, 0.25) is 0 Å². The molecule has 0 N–H and O–H groups in total. The second kappa shape index (κ2) is 21.5. The third-order valence-corrected chi connectivity index (χ3v) is 0. The van der Waals surface area contributed by atoms with Gasteiger partial charge in [-0.1, -0.05) is 0 Å². The predicted octanol–water partition coefficient (Wildman–Crippen LogP) is 0.336. The van der Waals surface area contributed by atoms with Crippen molar-refractivity contribution in [2.75, 3.05) is 0 Å². The van der Waals surface area contributed by atoms with Gasteiger partial charge in [-0.3, -0.25) is 0 Å². The normalized spacial score (nSPS) is 0. The first-order valence-corrected chi connectivity index (χ1v) is 0. The van der Waals surface area contributed by atoms with Crippen molar-refractivity contribution in [2.24, 2.45) is 0 Å². The summed E-state index contributed by atoms with van der Waals surface area (Å²) in [6.07, 6.45) is 0. The van der Waals surface area contributed by atoms with Crippen LogP contribution in [0, 0.1) is 0 Å². The van der Waals surface area contributed by atoms with Gasteiger partial charge < -0.3 is 0 Å². The Bertz CT molecular complexity index is 3.25. The molecule has 0 aromatic carbocycles. The zero-order chi connectivity index (χ0) is 0. The Labute approximate surface area is 62.6 Å². The van der Waals surface area contributed by atoms with Crippen LogP contribution in [0.4, 0.5) is 0 Å². The molecule has 4 heteroatoms.